The molecule has 3 aromatic rings. The molecule has 0 unspecified atom stereocenters. The molecule has 1 amide bonds. The fourth-order valence-electron chi connectivity index (χ4n) is 3.29. The Morgan fingerprint density at radius 2 is 1.96 bits per heavy atom. The van der Waals surface area contributed by atoms with Crippen LogP contribution in [0.3, 0.4) is 0 Å². The largest absolute Gasteiger partial charge is 0.378 e. The Morgan fingerprint density at radius 1 is 1.14 bits per heavy atom. The minimum absolute atomic E-state index is 0.184. The molecule has 1 N–H and O–H groups in total. The second-order valence-corrected chi connectivity index (χ2v) is 6.89. The van der Waals surface area contributed by atoms with Crippen molar-refractivity contribution in [2.45, 2.75) is 6.92 Å². The van der Waals surface area contributed by atoms with Crippen molar-refractivity contribution in [3.63, 3.8) is 0 Å². The average Bonchev–Trinajstić information content (AvgIpc) is 3.15. The first-order chi connectivity index (χ1) is 13.6. The number of hydrogen-bond acceptors (Lipinski definition) is 5. The van der Waals surface area contributed by atoms with E-state index >= 15 is 0 Å². The van der Waals surface area contributed by atoms with Gasteiger partial charge in [0.25, 0.3) is 5.91 Å². The number of ether oxygens (including phenoxy) is 1. The van der Waals surface area contributed by atoms with Gasteiger partial charge < -0.3 is 15.0 Å². The lowest BCUT2D eigenvalue weighted by Crippen LogP contribution is -2.36. The molecule has 1 fully saturated rings. The number of aromatic nitrogens is 3. The van der Waals surface area contributed by atoms with Crippen LogP contribution in [0.5, 0.6) is 0 Å². The Morgan fingerprint density at radius 3 is 2.64 bits per heavy atom. The second-order valence-electron chi connectivity index (χ2n) is 6.89. The van der Waals surface area contributed by atoms with E-state index < -0.39 is 0 Å². The van der Waals surface area contributed by atoms with Gasteiger partial charge in [-0.15, -0.1) is 0 Å². The second kappa shape index (κ2) is 7.82. The van der Waals surface area contributed by atoms with Crippen molar-refractivity contribution in [1.29, 1.82) is 0 Å². The van der Waals surface area contributed by atoms with E-state index in [2.05, 4.69) is 20.3 Å². The lowest BCUT2D eigenvalue weighted by atomic mass is 10.0. The van der Waals surface area contributed by atoms with Crippen LogP contribution in [0.15, 0.2) is 48.9 Å². The summed E-state index contributed by atoms with van der Waals surface area (Å²) in [6.07, 6.45) is 5.53. The molecule has 0 atom stereocenters. The van der Waals surface area contributed by atoms with Crippen molar-refractivity contribution in [2.75, 3.05) is 36.5 Å². The summed E-state index contributed by atoms with van der Waals surface area (Å²) in [6, 6.07) is 9.48. The van der Waals surface area contributed by atoms with E-state index in [1.807, 2.05) is 50.5 Å². The fraction of sp³-hybridized carbons (Fsp3) is 0.286. The SMILES string of the molecule is Cc1ccc(C(=O)Nc2ccc(N3CCOCC3)cn2)cc1-c1cnn(C)c1. The summed E-state index contributed by atoms with van der Waals surface area (Å²) in [5.41, 5.74) is 4.70. The smallest absolute Gasteiger partial charge is 0.256 e. The Hall–Kier alpha value is -3.19. The van der Waals surface area contributed by atoms with Gasteiger partial charge in [-0.1, -0.05) is 6.07 Å². The van der Waals surface area contributed by atoms with Gasteiger partial charge in [-0.25, -0.2) is 4.98 Å². The topological polar surface area (TPSA) is 72.3 Å². The van der Waals surface area contributed by atoms with E-state index in [1.54, 1.807) is 17.1 Å². The standard InChI is InChI=1S/C21H23N5O2/c1-15-3-4-16(11-19(15)17-12-23-25(2)14-17)21(27)24-20-6-5-18(13-22-20)26-7-9-28-10-8-26/h3-6,11-14H,7-10H2,1-2H3,(H,22,24,27). The lowest BCUT2D eigenvalue weighted by molar-refractivity contribution is 0.102. The zero-order valence-corrected chi connectivity index (χ0v) is 16.1. The molecule has 7 heteroatoms. The molecule has 0 radical (unpaired) electrons. The molecule has 1 saturated heterocycles. The third kappa shape index (κ3) is 3.89. The number of pyridine rings is 1. The van der Waals surface area contributed by atoms with E-state index in [-0.39, 0.29) is 5.91 Å². The number of morpholine rings is 1. The van der Waals surface area contributed by atoms with Crippen LogP contribution in [0.2, 0.25) is 0 Å². The highest BCUT2D eigenvalue weighted by Gasteiger charge is 2.13. The molecule has 0 aliphatic carbocycles. The molecule has 28 heavy (non-hydrogen) atoms. The van der Waals surface area contributed by atoms with Gasteiger partial charge in [-0.05, 0) is 42.3 Å². The normalized spacial score (nSPS) is 14.1. The third-order valence-electron chi connectivity index (χ3n) is 4.88. The van der Waals surface area contributed by atoms with Gasteiger partial charge in [0.05, 0.1) is 31.3 Å². The number of rotatable bonds is 4. The number of nitrogens with one attached hydrogen (secondary N) is 1. The van der Waals surface area contributed by atoms with Crippen molar-refractivity contribution in [1.82, 2.24) is 14.8 Å². The Kier molecular flexibility index (Phi) is 5.08. The van der Waals surface area contributed by atoms with Crippen LogP contribution in [0, 0.1) is 6.92 Å². The first kappa shape index (κ1) is 18.2. The monoisotopic (exact) mass is 377 g/mol. The van der Waals surface area contributed by atoms with E-state index in [1.165, 1.54) is 0 Å². The maximum absolute atomic E-state index is 12.7. The summed E-state index contributed by atoms with van der Waals surface area (Å²) >= 11 is 0. The van der Waals surface area contributed by atoms with E-state index in [0.717, 1.165) is 48.7 Å². The molecule has 2 aromatic heterocycles. The summed E-state index contributed by atoms with van der Waals surface area (Å²) in [4.78, 5) is 19.3. The predicted octanol–water partition coefficient (Wildman–Crippen LogP) is 2.88. The first-order valence-electron chi connectivity index (χ1n) is 9.30. The highest BCUT2D eigenvalue weighted by Crippen LogP contribution is 2.24. The van der Waals surface area contributed by atoms with Gasteiger partial charge >= 0.3 is 0 Å². The summed E-state index contributed by atoms with van der Waals surface area (Å²) in [5, 5.41) is 7.10. The lowest BCUT2D eigenvalue weighted by Gasteiger charge is -2.28. The summed E-state index contributed by atoms with van der Waals surface area (Å²) < 4.78 is 7.12. The van der Waals surface area contributed by atoms with Crippen molar-refractivity contribution in [3.8, 4) is 11.1 Å². The van der Waals surface area contributed by atoms with E-state index in [4.69, 9.17) is 4.74 Å². The van der Waals surface area contributed by atoms with Gasteiger partial charge in [-0.2, -0.15) is 5.10 Å². The summed E-state index contributed by atoms with van der Waals surface area (Å²) in [6.45, 7) is 5.19. The summed E-state index contributed by atoms with van der Waals surface area (Å²) in [7, 11) is 1.88. The number of carbonyl (C=O) groups excluding carboxylic acids is 1. The minimum Gasteiger partial charge on any atom is -0.378 e. The maximum atomic E-state index is 12.7. The number of benzene rings is 1. The number of anilines is 2. The molecule has 1 aliphatic heterocycles. The predicted molar refractivity (Wildman–Crippen MR) is 109 cm³/mol. The average molecular weight is 377 g/mol. The minimum atomic E-state index is -0.184. The van der Waals surface area contributed by atoms with Gasteiger partial charge in [-0.3, -0.25) is 9.48 Å². The quantitative estimate of drug-likeness (QED) is 0.757. The van der Waals surface area contributed by atoms with Gasteiger partial charge in [0.15, 0.2) is 0 Å². The van der Waals surface area contributed by atoms with Gasteiger partial charge in [0.1, 0.15) is 5.82 Å². The Labute approximate surface area is 164 Å². The zero-order valence-electron chi connectivity index (χ0n) is 16.1. The number of amides is 1. The van der Waals surface area contributed by atoms with Crippen LogP contribution < -0.4 is 10.2 Å². The molecule has 4 rings (SSSR count). The molecule has 0 saturated carbocycles. The maximum Gasteiger partial charge on any atom is 0.256 e. The van der Waals surface area contributed by atoms with Crippen molar-refractivity contribution in [2.24, 2.45) is 7.05 Å². The van der Waals surface area contributed by atoms with Crippen molar-refractivity contribution >= 4 is 17.4 Å². The Bertz CT molecular complexity index is 975. The number of hydrogen-bond donors (Lipinski definition) is 1. The van der Waals surface area contributed by atoms with Crippen LogP contribution in [0.4, 0.5) is 11.5 Å². The van der Waals surface area contributed by atoms with Crippen LogP contribution >= 0.6 is 0 Å². The van der Waals surface area contributed by atoms with Crippen molar-refractivity contribution < 1.29 is 9.53 Å². The molecule has 1 aromatic carbocycles. The zero-order chi connectivity index (χ0) is 19.5. The summed E-state index contributed by atoms with van der Waals surface area (Å²) in [5.74, 6) is 0.349. The molecule has 144 valence electrons. The molecular formula is C21H23N5O2. The number of nitrogens with zero attached hydrogens (tertiary/aromatic N) is 4. The molecule has 1 aliphatic rings. The van der Waals surface area contributed by atoms with Crippen molar-refractivity contribution in [3.05, 3.63) is 60.0 Å². The molecular weight excluding hydrogens is 354 g/mol. The molecule has 3 heterocycles. The van der Waals surface area contributed by atoms with Crippen LogP contribution in [0.25, 0.3) is 11.1 Å². The molecule has 7 nitrogen and oxygen atoms in total. The molecule has 0 spiro atoms. The van der Waals surface area contributed by atoms with Gasteiger partial charge in [0.2, 0.25) is 0 Å². The van der Waals surface area contributed by atoms with Crippen LogP contribution in [0.1, 0.15) is 15.9 Å². The molecule has 0 bridgehead atoms. The first-order valence-corrected chi connectivity index (χ1v) is 9.30. The Balaban J connectivity index is 1.49. The number of carbonyl (C=O) groups is 1. The van der Waals surface area contributed by atoms with Crippen LogP contribution in [-0.4, -0.2) is 47.0 Å². The van der Waals surface area contributed by atoms with Crippen LogP contribution in [-0.2, 0) is 11.8 Å². The highest BCUT2D eigenvalue weighted by atomic mass is 16.5. The van der Waals surface area contributed by atoms with E-state index in [9.17, 15) is 4.79 Å². The fourth-order valence-corrected chi connectivity index (χ4v) is 3.29. The van der Waals surface area contributed by atoms with Gasteiger partial charge in [0, 0.05) is 37.5 Å². The van der Waals surface area contributed by atoms with E-state index in [0.29, 0.717) is 11.4 Å². The third-order valence-corrected chi connectivity index (χ3v) is 4.88. The number of aryl methyl sites for hydroxylation is 2. The highest BCUT2D eigenvalue weighted by molar-refractivity contribution is 6.04.